The van der Waals surface area contributed by atoms with Crippen molar-refractivity contribution in [3.63, 3.8) is 0 Å². The normalized spacial score (nSPS) is 16.9. The Morgan fingerprint density at radius 2 is 1.97 bits per heavy atom. The molecular formula is C23H27Cl2NO4S. The molecule has 1 N–H and O–H groups in total. The zero-order chi connectivity index (χ0) is 22.9. The zero-order valence-electron chi connectivity index (χ0n) is 18.3. The number of fused-ring (bicyclic) bond motifs is 1. The molecule has 0 bridgehead atoms. The maximum absolute atomic E-state index is 12.9. The number of methoxy groups -OCH3 is 1. The first kappa shape index (κ1) is 23.9. The van der Waals surface area contributed by atoms with E-state index in [1.54, 1.807) is 25.1 Å². The number of amides is 1. The molecule has 31 heavy (non-hydrogen) atoms. The number of anilines is 1. The summed E-state index contributed by atoms with van der Waals surface area (Å²) in [4.78, 5) is 26.5. The molecule has 1 aliphatic rings. The van der Waals surface area contributed by atoms with Crippen LogP contribution < -0.4 is 10.1 Å². The second-order valence-electron chi connectivity index (χ2n) is 8.83. The van der Waals surface area contributed by atoms with E-state index in [-0.39, 0.29) is 11.3 Å². The number of hydrogen-bond donors (Lipinski definition) is 1. The Morgan fingerprint density at radius 1 is 1.26 bits per heavy atom. The fraction of sp³-hybridized carbons (Fsp3) is 0.478. The summed E-state index contributed by atoms with van der Waals surface area (Å²) < 4.78 is 10.7. The lowest BCUT2D eigenvalue weighted by Gasteiger charge is -2.33. The van der Waals surface area contributed by atoms with E-state index in [0.717, 1.165) is 29.7 Å². The Bertz CT molecular complexity index is 996. The van der Waals surface area contributed by atoms with Gasteiger partial charge in [0.15, 0.2) is 6.10 Å². The second-order valence-corrected chi connectivity index (χ2v) is 10.8. The molecule has 1 aromatic carbocycles. The quantitative estimate of drug-likeness (QED) is 0.499. The van der Waals surface area contributed by atoms with Crippen LogP contribution in [0, 0.1) is 11.3 Å². The third-order valence-electron chi connectivity index (χ3n) is 5.68. The van der Waals surface area contributed by atoms with Crippen LogP contribution in [0.3, 0.4) is 0 Å². The van der Waals surface area contributed by atoms with Gasteiger partial charge >= 0.3 is 5.97 Å². The largest absolute Gasteiger partial charge is 0.479 e. The average Bonchev–Trinajstić information content (AvgIpc) is 3.06. The summed E-state index contributed by atoms with van der Waals surface area (Å²) in [5.41, 5.74) is 1.62. The Morgan fingerprint density at radius 3 is 2.61 bits per heavy atom. The van der Waals surface area contributed by atoms with Crippen molar-refractivity contribution in [2.75, 3.05) is 12.4 Å². The SMILES string of the molecule is COC(=O)c1c(NC(=O)[C@H](C)Oc2cc(Cl)ccc2Cl)sc2c1CC[C@H](C(C)(C)C)C2. The monoisotopic (exact) mass is 483 g/mol. The topological polar surface area (TPSA) is 64.6 Å². The van der Waals surface area contributed by atoms with Gasteiger partial charge in [0.2, 0.25) is 0 Å². The fourth-order valence-corrected chi connectivity index (χ4v) is 5.40. The van der Waals surface area contributed by atoms with Gasteiger partial charge in [0.05, 0.1) is 17.7 Å². The summed E-state index contributed by atoms with van der Waals surface area (Å²) in [6.45, 7) is 8.33. The van der Waals surface area contributed by atoms with Gasteiger partial charge in [0.1, 0.15) is 10.8 Å². The van der Waals surface area contributed by atoms with Crippen LogP contribution in [-0.4, -0.2) is 25.1 Å². The molecule has 168 valence electrons. The number of ether oxygens (including phenoxy) is 2. The van der Waals surface area contributed by atoms with E-state index >= 15 is 0 Å². The van der Waals surface area contributed by atoms with E-state index in [0.29, 0.717) is 32.3 Å². The molecule has 5 nitrogen and oxygen atoms in total. The third kappa shape index (κ3) is 5.36. The van der Waals surface area contributed by atoms with E-state index in [2.05, 4.69) is 26.1 Å². The van der Waals surface area contributed by atoms with E-state index in [1.807, 2.05) is 0 Å². The van der Waals surface area contributed by atoms with Crippen LogP contribution in [-0.2, 0) is 22.4 Å². The molecule has 0 fully saturated rings. The van der Waals surface area contributed by atoms with Crippen molar-refractivity contribution >= 4 is 51.4 Å². The lowest BCUT2D eigenvalue weighted by atomic mass is 9.72. The Kier molecular flexibility index (Phi) is 7.24. The molecule has 3 rings (SSSR count). The Labute approximate surface area is 197 Å². The summed E-state index contributed by atoms with van der Waals surface area (Å²) >= 11 is 13.6. The number of rotatable bonds is 5. The van der Waals surface area contributed by atoms with Gasteiger partial charge < -0.3 is 14.8 Å². The molecule has 2 aromatic rings. The smallest absolute Gasteiger partial charge is 0.341 e. The first-order valence-corrected chi connectivity index (χ1v) is 11.7. The molecule has 2 atom stereocenters. The van der Waals surface area contributed by atoms with Gasteiger partial charge in [-0.3, -0.25) is 4.79 Å². The van der Waals surface area contributed by atoms with Crippen LogP contribution in [0.4, 0.5) is 5.00 Å². The van der Waals surface area contributed by atoms with Gasteiger partial charge in [-0.15, -0.1) is 11.3 Å². The van der Waals surface area contributed by atoms with Crippen molar-refractivity contribution in [1.29, 1.82) is 0 Å². The lowest BCUT2D eigenvalue weighted by molar-refractivity contribution is -0.122. The van der Waals surface area contributed by atoms with Crippen molar-refractivity contribution in [3.8, 4) is 5.75 Å². The standard InChI is InChI=1S/C23H27Cl2NO4S/c1-12(30-17-11-14(24)7-9-16(17)25)20(27)26-21-19(22(28)29-5)15-8-6-13(23(2,3)4)10-18(15)31-21/h7,9,11-13H,6,8,10H2,1-5H3,(H,26,27)/t12-,13-/m0/s1. The highest BCUT2D eigenvalue weighted by atomic mass is 35.5. The van der Waals surface area contributed by atoms with Gasteiger partial charge in [-0.1, -0.05) is 44.0 Å². The van der Waals surface area contributed by atoms with Crippen molar-refractivity contribution in [2.45, 2.75) is 53.1 Å². The molecular weight excluding hydrogens is 457 g/mol. The van der Waals surface area contributed by atoms with Crippen LogP contribution in [0.1, 0.15) is 54.9 Å². The highest BCUT2D eigenvalue weighted by molar-refractivity contribution is 7.17. The molecule has 0 saturated carbocycles. The van der Waals surface area contributed by atoms with Crippen molar-refractivity contribution in [1.82, 2.24) is 0 Å². The second kappa shape index (κ2) is 9.39. The van der Waals surface area contributed by atoms with Gasteiger partial charge in [-0.05, 0) is 55.2 Å². The molecule has 0 spiro atoms. The number of benzene rings is 1. The van der Waals surface area contributed by atoms with Crippen molar-refractivity contribution in [2.24, 2.45) is 11.3 Å². The molecule has 0 unspecified atom stereocenters. The zero-order valence-corrected chi connectivity index (χ0v) is 20.6. The minimum Gasteiger partial charge on any atom is -0.479 e. The van der Waals surface area contributed by atoms with Crippen LogP contribution in [0.5, 0.6) is 5.75 Å². The molecule has 1 amide bonds. The Hall–Kier alpha value is -1.76. The number of nitrogens with one attached hydrogen (secondary N) is 1. The van der Waals surface area contributed by atoms with Gasteiger partial charge in [-0.2, -0.15) is 0 Å². The maximum atomic E-state index is 12.9. The summed E-state index contributed by atoms with van der Waals surface area (Å²) in [5, 5.41) is 4.19. The minimum atomic E-state index is -0.845. The van der Waals surface area contributed by atoms with Crippen LogP contribution >= 0.6 is 34.5 Å². The van der Waals surface area contributed by atoms with Gasteiger partial charge in [0, 0.05) is 16.0 Å². The molecule has 0 aliphatic heterocycles. The van der Waals surface area contributed by atoms with E-state index in [1.165, 1.54) is 18.4 Å². The van der Waals surface area contributed by atoms with E-state index < -0.39 is 12.1 Å². The third-order valence-corrected chi connectivity index (χ3v) is 7.40. The average molecular weight is 484 g/mol. The summed E-state index contributed by atoms with van der Waals surface area (Å²) in [5.74, 6) is 0.0176. The predicted octanol–water partition coefficient (Wildman–Crippen LogP) is 6.40. The first-order valence-electron chi connectivity index (χ1n) is 10.2. The number of hydrogen-bond acceptors (Lipinski definition) is 5. The van der Waals surface area contributed by atoms with E-state index in [9.17, 15) is 9.59 Å². The first-order chi connectivity index (χ1) is 14.5. The predicted molar refractivity (Wildman–Crippen MR) is 126 cm³/mol. The van der Waals surface area contributed by atoms with Crippen LogP contribution in [0.15, 0.2) is 18.2 Å². The molecule has 1 heterocycles. The molecule has 0 saturated heterocycles. The molecule has 0 radical (unpaired) electrons. The number of carbonyl (C=O) groups excluding carboxylic acids is 2. The highest BCUT2D eigenvalue weighted by Gasteiger charge is 2.34. The summed E-state index contributed by atoms with van der Waals surface area (Å²) in [6.07, 6.45) is 1.83. The fourth-order valence-electron chi connectivity index (χ4n) is 3.76. The van der Waals surface area contributed by atoms with Crippen LogP contribution in [0.2, 0.25) is 10.0 Å². The number of esters is 1. The number of halogens is 2. The molecule has 1 aromatic heterocycles. The number of thiophene rings is 1. The van der Waals surface area contributed by atoms with Crippen molar-refractivity contribution in [3.05, 3.63) is 44.2 Å². The maximum Gasteiger partial charge on any atom is 0.341 e. The molecule has 8 heteroatoms. The van der Waals surface area contributed by atoms with E-state index in [4.69, 9.17) is 32.7 Å². The lowest BCUT2D eigenvalue weighted by Crippen LogP contribution is -2.30. The minimum absolute atomic E-state index is 0.176. The van der Waals surface area contributed by atoms with Gasteiger partial charge in [-0.25, -0.2) is 4.79 Å². The van der Waals surface area contributed by atoms with Crippen molar-refractivity contribution < 1.29 is 19.1 Å². The van der Waals surface area contributed by atoms with Crippen LogP contribution in [0.25, 0.3) is 0 Å². The Balaban J connectivity index is 1.83. The van der Waals surface area contributed by atoms with Gasteiger partial charge in [0.25, 0.3) is 5.91 Å². The number of carbonyl (C=O) groups is 2. The summed E-state index contributed by atoms with van der Waals surface area (Å²) in [7, 11) is 1.35. The highest BCUT2D eigenvalue weighted by Crippen LogP contribution is 2.44. The summed E-state index contributed by atoms with van der Waals surface area (Å²) in [6, 6.07) is 4.81. The molecule has 1 aliphatic carbocycles.